The highest BCUT2D eigenvalue weighted by molar-refractivity contribution is 9.12. The van der Waals surface area contributed by atoms with E-state index in [2.05, 4.69) is 27.8 Å². The summed E-state index contributed by atoms with van der Waals surface area (Å²) in [7, 11) is 1.51. The summed E-state index contributed by atoms with van der Waals surface area (Å²) in [6.07, 6.45) is 1.79. The number of carbonyl (C=O) groups is 2. The summed E-state index contributed by atoms with van der Waals surface area (Å²) < 4.78 is 0.345. The second kappa shape index (κ2) is 5.15. The SMILES string of the molecule is CCCc1[nH]c2ccccc2c1C1=C(Br)C(=O)N(C)C1=O. The number of rotatable bonds is 3. The van der Waals surface area contributed by atoms with E-state index in [0.717, 1.165) is 39.9 Å². The van der Waals surface area contributed by atoms with Crippen molar-refractivity contribution in [3.05, 3.63) is 40.0 Å². The topological polar surface area (TPSA) is 53.2 Å². The average Bonchev–Trinajstić information content (AvgIpc) is 2.92. The van der Waals surface area contributed by atoms with E-state index >= 15 is 0 Å². The zero-order valence-corrected chi connectivity index (χ0v) is 13.5. The normalized spacial score (nSPS) is 15.7. The number of aryl methyl sites for hydroxylation is 1. The van der Waals surface area contributed by atoms with Gasteiger partial charge in [-0.3, -0.25) is 14.5 Å². The lowest BCUT2D eigenvalue weighted by molar-refractivity contribution is -0.134. The number of nitrogens with zero attached hydrogens (tertiary/aromatic N) is 1. The third-order valence-corrected chi connectivity index (χ3v) is 4.50. The molecule has 0 saturated carbocycles. The number of halogens is 1. The standard InChI is InChI=1S/C16H15BrN2O2/c1-3-6-11-12(9-7-4-5-8-10(9)18-11)13-14(17)16(21)19(2)15(13)20/h4-5,7-8,18H,3,6H2,1-2H3. The first-order valence-electron chi connectivity index (χ1n) is 6.88. The Balaban J connectivity index is 2.31. The number of nitrogens with one attached hydrogen (secondary N) is 1. The molecule has 1 aromatic carbocycles. The summed E-state index contributed by atoms with van der Waals surface area (Å²) in [5, 5.41) is 0.976. The third-order valence-electron chi connectivity index (χ3n) is 3.76. The third kappa shape index (κ3) is 2.03. The smallest absolute Gasteiger partial charge is 0.268 e. The van der Waals surface area contributed by atoms with Crippen molar-refractivity contribution in [3.8, 4) is 0 Å². The Labute approximate surface area is 130 Å². The largest absolute Gasteiger partial charge is 0.358 e. The van der Waals surface area contributed by atoms with Crippen molar-refractivity contribution >= 4 is 44.2 Å². The van der Waals surface area contributed by atoms with Gasteiger partial charge in [-0.2, -0.15) is 0 Å². The molecule has 0 saturated heterocycles. The molecule has 4 nitrogen and oxygen atoms in total. The molecule has 0 unspecified atom stereocenters. The molecule has 1 N–H and O–H groups in total. The second-order valence-corrected chi connectivity index (χ2v) is 5.93. The molecular formula is C16H15BrN2O2. The Morgan fingerprint density at radius 1 is 1.19 bits per heavy atom. The number of fused-ring (bicyclic) bond motifs is 1. The molecule has 1 aromatic heterocycles. The molecule has 1 aliphatic rings. The van der Waals surface area contributed by atoms with Crippen LogP contribution in [0.1, 0.15) is 24.6 Å². The van der Waals surface area contributed by atoms with Crippen LogP contribution in [0, 0.1) is 0 Å². The summed E-state index contributed by atoms with van der Waals surface area (Å²) in [5.74, 6) is -0.545. The van der Waals surface area contributed by atoms with Crippen molar-refractivity contribution in [2.24, 2.45) is 0 Å². The van der Waals surface area contributed by atoms with Crippen molar-refractivity contribution < 1.29 is 9.59 Å². The van der Waals surface area contributed by atoms with E-state index in [0.29, 0.717) is 10.1 Å². The Kier molecular flexibility index (Phi) is 3.45. The molecular weight excluding hydrogens is 332 g/mol. The predicted molar refractivity (Wildman–Crippen MR) is 85.9 cm³/mol. The van der Waals surface area contributed by atoms with E-state index in [-0.39, 0.29) is 11.8 Å². The first-order valence-corrected chi connectivity index (χ1v) is 7.67. The number of amides is 2. The molecule has 0 radical (unpaired) electrons. The maximum atomic E-state index is 12.4. The Hall–Kier alpha value is -1.88. The van der Waals surface area contributed by atoms with Crippen LogP contribution in [0.4, 0.5) is 0 Å². The fourth-order valence-electron chi connectivity index (χ4n) is 2.75. The van der Waals surface area contributed by atoms with Gasteiger partial charge in [-0.1, -0.05) is 31.5 Å². The maximum absolute atomic E-state index is 12.4. The van der Waals surface area contributed by atoms with Gasteiger partial charge in [-0.25, -0.2) is 0 Å². The Morgan fingerprint density at radius 3 is 2.52 bits per heavy atom. The van der Waals surface area contributed by atoms with Crippen LogP contribution in [0.15, 0.2) is 28.7 Å². The molecule has 3 rings (SSSR count). The minimum Gasteiger partial charge on any atom is -0.358 e. The van der Waals surface area contributed by atoms with Gasteiger partial charge in [-0.05, 0) is 28.4 Å². The van der Waals surface area contributed by atoms with Crippen LogP contribution in [-0.4, -0.2) is 28.7 Å². The first kappa shape index (κ1) is 14.1. The molecule has 1 aliphatic heterocycles. The zero-order chi connectivity index (χ0) is 15.1. The molecule has 0 aliphatic carbocycles. The second-order valence-electron chi connectivity index (χ2n) is 5.13. The summed E-state index contributed by atoms with van der Waals surface area (Å²) in [4.78, 5) is 29.0. The Morgan fingerprint density at radius 2 is 1.90 bits per heavy atom. The van der Waals surface area contributed by atoms with E-state index in [1.807, 2.05) is 24.3 Å². The molecule has 108 valence electrons. The molecule has 2 amide bonds. The van der Waals surface area contributed by atoms with Crippen LogP contribution in [0.2, 0.25) is 0 Å². The van der Waals surface area contributed by atoms with Crippen molar-refractivity contribution in [2.75, 3.05) is 7.05 Å². The highest BCUT2D eigenvalue weighted by atomic mass is 79.9. The average molecular weight is 347 g/mol. The molecule has 0 atom stereocenters. The molecule has 5 heteroatoms. The van der Waals surface area contributed by atoms with Gasteiger partial charge in [0.2, 0.25) is 0 Å². The molecule has 2 aromatic rings. The summed E-state index contributed by atoms with van der Waals surface area (Å²) >= 11 is 3.30. The van der Waals surface area contributed by atoms with Crippen molar-refractivity contribution in [1.82, 2.24) is 9.88 Å². The number of para-hydroxylation sites is 1. The minimum atomic E-state index is -0.289. The fourth-order valence-corrected chi connectivity index (χ4v) is 3.38. The van der Waals surface area contributed by atoms with E-state index in [4.69, 9.17) is 0 Å². The van der Waals surface area contributed by atoms with Gasteiger partial charge in [0.1, 0.15) is 0 Å². The number of hydrogen-bond acceptors (Lipinski definition) is 2. The molecule has 21 heavy (non-hydrogen) atoms. The number of likely N-dealkylation sites (N-methyl/N-ethyl adjacent to an activating group) is 1. The first-order chi connectivity index (χ1) is 10.1. The van der Waals surface area contributed by atoms with Gasteiger partial charge < -0.3 is 4.98 Å². The quantitative estimate of drug-likeness (QED) is 0.867. The fraction of sp³-hybridized carbons (Fsp3) is 0.250. The number of imide groups is 1. The number of H-pyrrole nitrogens is 1. The number of carbonyl (C=O) groups excluding carboxylic acids is 2. The number of aromatic nitrogens is 1. The van der Waals surface area contributed by atoms with Gasteiger partial charge in [-0.15, -0.1) is 0 Å². The van der Waals surface area contributed by atoms with E-state index < -0.39 is 0 Å². The van der Waals surface area contributed by atoms with Crippen molar-refractivity contribution in [3.63, 3.8) is 0 Å². The van der Waals surface area contributed by atoms with Crippen LogP contribution in [0.5, 0.6) is 0 Å². The lowest BCUT2D eigenvalue weighted by atomic mass is 10.00. The van der Waals surface area contributed by atoms with Gasteiger partial charge in [0, 0.05) is 29.2 Å². The zero-order valence-electron chi connectivity index (χ0n) is 11.9. The maximum Gasteiger partial charge on any atom is 0.268 e. The van der Waals surface area contributed by atoms with Gasteiger partial charge >= 0.3 is 0 Å². The summed E-state index contributed by atoms with van der Waals surface area (Å²) in [6, 6.07) is 7.85. The van der Waals surface area contributed by atoms with Crippen molar-refractivity contribution in [1.29, 1.82) is 0 Å². The van der Waals surface area contributed by atoms with Crippen LogP contribution in [-0.2, 0) is 16.0 Å². The lowest BCUT2D eigenvalue weighted by Gasteiger charge is -2.07. The van der Waals surface area contributed by atoms with Gasteiger partial charge in [0.15, 0.2) is 0 Å². The molecule has 0 bridgehead atoms. The highest BCUT2D eigenvalue weighted by Gasteiger charge is 2.37. The van der Waals surface area contributed by atoms with Gasteiger partial charge in [0.05, 0.1) is 10.1 Å². The van der Waals surface area contributed by atoms with Gasteiger partial charge in [0.25, 0.3) is 11.8 Å². The van der Waals surface area contributed by atoms with Crippen molar-refractivity contribution in [2.45, 2.75) is 19.8 Å². The number of benzene rings is 1. The highest BCUT2D eigenvalue weighted by Crippen LogP contribution is 2.38. The molecule has 2 heterocycles. The van der Waals surface area contributed by atoms with Crippen LogP contribution in [0.25, 0.3) is 16.5 Å². The van der Waals surface area contributed by atoms with E-state index in [1.54, 1.807) is 0 Å². The number of hydrogen-bond donors (Lipinski definition) is 1. The van der Waals surface area contributed by atoms with E-state index in [9.17, 15) is 9.59 Å². The lowest BCUT2D eigenvalue weighted by Crippen LogP contribution is -2.26. The van der Waals surface area contributed by atoms with Crippen LogP contribution < -0.4 is 0 Å². The van der Waals surface area contributed by atoms with Crippen LogP contribution in [0.3, 0.4) is 0 Å². The molecule has 0 spiro atoms. The number of aromatic amines is 1. The summed E-state index contributed by atoms with van der Waals surface area (Å²) in [6.45, 7) is 2.09. The predicted octanol–water partition coefficient (Wildman–Crippen LogP) is 3.23. The molecule has 0 fully saturated rings. The Bertz CT molecular complexity index is 789. The summed E-state index contributed by atoms with van der Waals surface area (Å²) in [5.41, 5.74) is 3.30. The minimum absolute atomic E-state index is 0.256. The van der Waals surface area contributed by atoms with Crippen LogP contribution >= 0.6 is 15.9 Å². The monoisotopic (exact) mass is 346 g/mol. The van der Waals surface area contributed by atoms with E-state index in [1.165, 1.54) is 7.05 Å².